The van der Waals surface area contributed by atoms with Gasteiger partial charge in [-0.1, -0.05) is 6.58 Å². The van der Waals surface area contributed by atoms with Gasteiger partial charge in [0.1, 0.15) is 17.9 Å². The summed E-state index contributed by atoms with van der Waals surface area (Å²) in [5.41, 5.74) is 0.00614. The van der Waals surface area contributed by atoms with Crippen LogP contribution in [0.5, 0.6) is 17.2 Å². The van der Waals surface area contributed by atoms with Crippen molar-refractivity contribution in [3.63, 3.8) is 0 Å². The Bertz CT molecular complexity index is 669. The first-order valence-corrected chi connectivity index (χ1v) is 5.25. The molecule has 0 bridgehead atoms. The van der Waals surface area contributed by atoms with Crippen LogP contribution in [0.25, 0.3) is 11.0 Å². The molecule has 2 rings (SSSR count). The molecule has 1 heterocycles. The maximum Gasteiger partial charge on any atom is 0.383 e. The second-order valence-electron chi connectivity index (χ2n) is 3.99. The lowest BCUT2D eigenvalue weighted by Gasteiger charge is -2.08. The molecule has 5 nitrogen and oxygen atoms in total. The first-order chi connectivity index (χ1) is 8.49. The Labute approximate surface area is 103 Å². The predicted molar refractivity (Wildman–Crippen MR) is 66.1 cm³/mol. The standard InChI is InChI=1S/C13H12O5/c1-7(2)6-17-12-11(15)9-4-3-8(14)5-10(9)18-13(12)16/h3-5,14-15H,1,6H2,2H3. The number of hydrogen-bond acceptors (Lipinski definition) is 5. The first-order valence-electron chi connectivity index (χ1n) is 5.25. The molecule has 2 N–H and O–H groups in total. The topological polar surface area (TPSA) is 79.9 Å². The second kappa shape index (κ2) is 4.44. The molecule has 2 aromatic rings. The largest absolute Gasteiger partial charge is 0.508 e. The zero-order valence-corrected chi connectivity index (χ0v) is 9.77. The molecule has 0 atom stereocenters. The van der Waals surface area contributed by atoms with Gasteiger partial charge in [-0.3, -0.25) is 0 Å². The molecule has 0 aliphatic heterocycles. The number of benzene rings is 1. The van der Waals surface area contributed by atoms with Crippen molar-refractivity contribution in [2.45, 2.75) is 6.92 Å². The van der Waals surface area contributed by atoms with Crippen molar-refractivity contribution < 1.29 is 19.4 Å². The summed E-state index contributed by atoms with van der Waals surface area (Å²) >= 11 is 0. The van der Waals surface area contributed by atoms with E-state index in [2.05, 4.69) is 6.58 Å². The number of hydrogen-bond donors (Lipinski definition) is 2. The van der Waals surface area contributed by atoms with Crippen LogP contribution in [0, 0.1) is 0 Å². The highest BCUT2D eigenvalue weighted by atomic mass is 16.5. The van der Waals surface area contributed by atoms with E-state index in [9.17, 15) is 15.0 Å². The molecule has 0 amide bonds. The van der Waals surface area contributed by atoms with E-state index in [0.717, 1.165) is 0 Å². The van der Waals surface area contributed by atoms with Crippen molar-refractivity contribution in [1.82, 2.24) is 0 Å². The molecule has 0 aliphatic carbocycles. The molecule has 18 heavy (non-hydrogen) atoms. The average molecular weight is 248 g/mol. The van der Waals surface area contributed by atoms with Gasteiger partial charge in [0.2, 0.25) is 5.75 Å². The highest BCUT2D eigenvalue weighted by Crippen LogP contribution is 2.32. The minimum absolute atomic E-state index is 0.0549. The van der Waals surface area contributed by atoms with Crippen LogP contribution >= 0.6 is 0 Å². The highest BCUT2D eigenvalue weighted by Gasteiger charge is 2.15. The minimum atomic E-state index is -0.799. The van der Waals surface area contributed by atoms with Crippen LogP contribution in [-0.2, 0) is 0 Å². The minimum Gasteiger partial charge on any atom is -0.508 e. The molecule has 1 aromatic carbocycles. The summed E-state index contributed by atoms with van der Waals surface area (Å²) in [5, 5.41) is 19.5. The van der Waals surface area contributed by atoms with Gasteiger partial charge < -0.3 is 19.4 Å². The van der Waals surface area contributed by atoms with Crippen LogP contribution in [0.4, 0.5) is 0 Å². The number of fused-ring (bicyclic) bond motifs is 1. The fourth-order valence-corrected chi connectivity index (χ4v) is 1.48. The van der Waals surface area contributed by atoms with Gasteiger partial charge in [0.15, 0.2) is 5.75 Å². The van der Waals surface area contributed by atoms with E-state index in [-0.39, 0.29) is 29.4 Å². The van der Waals surface area contributed by atoms with E-state index in [4.69, 9.17) is 9.15 Å². The normalized spacial score (nSPS) is 10.5. The third-order valence-electron chi connectivity index (χ3n) is 2.29. The summed E-state index contributed by atoms with van der Waals surface area (Å²) in [6.45, 7) is 5.48. The van der Waals surface area contributed by atoms with Gasteiger partial charge in [0, 0.05) is 6.07 Å². The Hall–Kier alpha value is -2.43. The average Bonchev–Trinajstić information content (AvgIpc) is 2.27. The van der Waals surface area contributed by atoms with E-state index in [0.29, 0.717) is 11.0 Å². The monoisotopic (exact) mass is 248 g/mol. The van der Waals surface area contributed by atoms with Crippen LogP contribution in [-0.4, -0.2) is 16.8 Å². The summed E-state index contributed by atoms with van der Waals surface area (Å²) in [4.78, 5) is 11.6. The van der Waals surface area contributed by atoms with Gasteiger partial charge in [0.25, 0.3) is 0 Å². The number of phenolic OH excluding ortho intramolecular Hbond substituents is 1. The molecular weight excluding hydrogens is 236 g/mol. The maximum absolute atomic E-state index is 11.6. The van der Waals surface area contributed by atoms with Crippen LogP contribution in [0.1, 0.15) is 6.92 Å². The molecule has 5 heteroatoms. The summed E-state index contributed by atoms with van der Waals surface area (Å²) in [6, 6.07) is 4.07. The molecule has 0 aliphatic rings. The molecular formula is C13H12O5. The fourth-order valence-electron chi connectivity index (χ4n) is 1.48. The Morgan fingerprint density at radius 2 is 2.17 bits per heavy atom. The third-order valence-corrected chi connectivity index (χ3v) is 2.29. The van der Waals surface area contributed by atoms with Crippen molar-refractivity contribution in [3.8, 4) is 17.2 Å². The lowest BCUT2D eigenvalue weighted by atomic mass is 10.2. The molecule has 94 valence electrons. The molecule has 1 aromatic heterocycles. The predicted octanol–water partition coefficient (Wildman–Crippen LogP) is 2.16. The third kappa shape index (κ3) is 2.15. The van der Waals surface area contributed by atoms with Crippen LogP contribution in [0.2, 0.25) is 0 Å². The lowest BCUT2D eigenvalue weighted by molar-refractivity contribution is 0.310. The Kier molecular flexibility index (Phi) is 2.97. The van der Waals surface area contributed by atoms with Gasteiger partial charge in [-0.05, 0) is 24.6 Å². The second-order valence-corrected chi connectivity index (χ2v) is 3.99. The van der Waals surface area contributed by atoms with E-state index in [1.165, 1.54) is 18.2 Å². The van der Waals surface area contributed by atoms with Crippen molar-refractivity contribution in [2.24, 2.45) is 0 Å². The molecule has 0 spiro atoms. The Morgan fingerprint density at radius 3 is 2.83 bits per heavy atom. The van der Waals surface area contributed by atoms with Gasteiger partial charge >= 0.3 is 5.63 Å². The van der Waals surface area contributed by atoms with E-state index in [1.807, 2.05) is 0 Å². The summed E-state index contributed by atoms with van der Waals surface area (Å²) < 4.78 is 10.1. The van der Waals surface area contributed by atoms with Crippen molar-refractivity contribution in [1.29, 1.82) is 0 Å². The molecule has 0 saturated heterocycles. The van der Waals surface area contributed by atoms with Crippen molar-refractivity contribution in [2.75, 3.05) is 6.61 Å². The number of rotatable bonds is 3. The van der Waals surface area contributed by atoms with Gasteiger partial charge in [-0.2, -0.15) is 0 Å². The quantitative estimate of drug-likeness (QED) is 0.642. The summed E-state index contributed by atoms with van der Waals surface area (Å²) in [5.74, 6) is -0.612. The number of ether oxygens (including phenoxy) is 1. The fraction of sp³-hybridized carbons (Fsp3) is 0.154. The van der Waals surface area contributed by atoms with E-state index in [1.54, 1.807) is 6.92 Å². The van der Waals surface area contributed by atoms with Crippen molar-refractivity contribution in [3.05, 3.63) is 40.8 Å². The highest BCUT2D eigenvalue weighted by molar-refractivity contribution is 5.86. The Balaban J connectivity index is 2.58. The lowest BCUT2D eigenvalue weighted by Crippen LogP contribution is -2.08. The van der Waals surface area contributed by atoms with Crippen LogP contribution in [0.15, 0.2) is 39.6 Å². The van der Waals surface area contributed by atoms with E-state index < -0.39 is 5.63 Å². The summed E-state index contributed by atoms with van der Waals surface area (Å²) in [6.07, 6.45) is 0. The molecule has 0 fully saturated rings. The molecule has 0 saturated carbocycles. The van der Waals surface area contributed by atoms with Crippen molar-refractivity contribution >= 4 is 11.0 Å². The van der Waals surface area contributed by atoms with Crippen LogP contribution in [0.3, 0.4) is 0 Å². The van der Waals surface area contributed by atoms with E-state index >= 15 is 0 Å². The first kappa shape index (κ1) is 12.0. The zero-order valence-electron chi connectivity index (χ0n) is 9.77. The number of aromatic hydroxyl groups is 2. The number of phenols is 1. The van der Waals surface area contributed by atoms with Crippen LogP contribution < -0.4 is 10.4 Å². The zero-order chi connectivity index (χ0) is 13.3. The smallest absolute Gasteiger partial charge is 0.383 e. The maximum atomic E-state index is 11.6. The SMILES string of the molecule is C=C(C)COc1c(O)c2ccc(O)cc2oc1=O. The molecule has 0 unspecified atom stereocenters. The summed E-state index contributed by atoms with van der Waals surface area (Å²) in [7, 11) is 0. The Morgan fingerprint density at radius 1 is 1.44 bits per heavy atom. The molecule has 0 radical (unpaired) electrons. The van der Waals surface area contributed by atoms with Gasteiger partial charge in [0.05, 0.1) is 5.39 Å². The van der Waals surface area contributed by atoms with Gasteiger partial charge in [-0.15, -0.1) is 0 Å². The van der Waals surface area contributed by atoms with Gasteiger partial charge in [-0.25, -0.2) is 4.79 Å².